The van der Waals surface area contributed by atoms with Crippen LogP contribution in [0.2, 0.25) is 0 Å². The molecule has 4 rings (SSSR count). The fourth-order valence-electron chi connectivity index (χ4n) is 5.70. The minimum Gasteiger partial charge on any atom is -0.358 e. The van der Waals surface area contributed by atoms with Gasteiger partial charge < -0.3 is 21.3 Å². The van der Waals surface area contributed by atoms with Crippen molar-refractivity contribution < 1.29 is 25.8 Å². The smallest absolute Gasteiger partial charge is 0.00443 e. The molecular formula is C26H37Hf-3. The second-order valence-electron chi connectivity index (χ2n) is 8.91. The quantitative estimate of drug-likeness (QED) is 0.198. The van der Waals surface area contributed by atoms with Crippen LogP contribution in [-0.4, -0.2) is 0 Å². The summed E-state index contributed by atoms with van der Waals surface area (Å²) in [6, 6.07) is 0. The SMILES string of the molecule is CC1=C(C)C(C)(C2=CCC(C)(C3C=CC=C3)C=C2)C2[CH-]CCC2C1.[CH3-].[CH3-].[Hf]. The minimum atomic E-state index is 0. The Morgan fingerprint density at radius 3 is 2.33 bits per heavy atom. The van der Waals surface area contributed by atoms with Crippen molar-refractivity contribution in [1.82, 2.24) is 0 Å². The summed E-state index contributed by atoms with van der Waals surface area (Å²) in [4.78, 5) is 0. The van der Waals surface area contributed by atoms with Crippen molar-refractivity contribution in [2.75, 3.05) is 0 Å². The van der Waals surface area contributed by atoms with Crippen LogP contribution < -0.4 is 0 Å². The molecule has 4 atom stereocenters. The molecule has 4 unspecified atom stereocenters. The molecule has 0 amide bonds. The number of fused-ring (bicyclic) bond motifs is 1. The Kier molecular flexibility index (Phi) is 8.14. The largest absolute Gasteiger partial charge is 0.358 e. The predicted octanol–water partition coefficient (Wildman–Crippen LogP) is 7.50. The first-order valence-corrected chi connectivity index (χ1v) is 9.70. The van der Waals surface area contributed by atoms with Gasteiger partial charge in [-0.2, -0.15) is 12.3 Å². The second kappa shape index (κ2) is 8.93. The summed E-state index contributed by atoms with van der Waals surface area (Å²) in [5.74, 6) is 2.14. The Hall–Kier alpha value is -0.430. The van der Waals surface area contributed by atoms with Crippen LogP contribution in [-0.2, 0) is 25.8 Å². The molecule has 0 spiro atoms. The first-order chi connectivity index (χ1) is 11.4. The van der Waals surface area contributed by atoms with Gasteiger partial charge >= 0.3 is 0 Å². The third-order valence-electron chi connectivity index (χ3n) is 7.63. The van der Waals surface area contributed by atoms with Gasteiger partial charge in [0.05, 0.1) is 0 Å². The zero-order chi connectivity index (χ0) is 16.9. The van der Waals surface area contributed by atoms with Gasteiger partial charge in [-0.05, 0) is 43.1 Å². The molecule has 0 N–H and O–H groups in total. The van der Waals surface area contributed by atoms with Crippen molar-refractivity contribution in [3.8, 4) is 0 Å². The average Bonchev–Trinajstić information content (AvgIpc) is 3.25. The summed E-state index contributed by atoms with van der Waals surface area (Å²) >= 11 is 0. The number of hydrogen-bond donors (Lipinski definition) is 0. The van der Waals surface area contributed by atoms with E-state index in [4.69, 9.17) is 0 Å². The van der Waals surface area contributed by atoms with Crippen molar-refractivity contribution in [2.45, 2.75) is 53.4 Å². The molecule has 0 bridgehead atoms. The van der Waals surface area contributed by atoms with Crippen molar-refractivity contribution in [1.29, 1.82) is 0 Å². The molecule has 1 saturated carbocycles. The maximum Gasteiger partial charge on any atom is 0.00443 e. The van der Waals surface area contributed by atoms with Gasteiger partial charge in [-0.1, -0.05) is 79.9 Å². The van der Waals surface area contributed by atoms with Gasteiger partial charge in [0.1, 0.15) is 0 Å². The average molecular weight is 528 g/mol. The molecule has 1 fully saturated rings. The van der Waals surface area contributed by atoms with Crippen molar-refractivity contribution >= 4 is 0 Å². The van der Waals surface area contributed by atoms with Crippen LogP contribution in [0.3, 0.4) is 0 Å². The molecule has 27 heavy (non-hydrogen) atoms. The van der Waals surface area contributed by atoms with Gasteiger partial charge in [0.15, 0.2) is 0 Å². The van der Waals surface area contributed by atoms with Crippen LogP contribution in [0, 0.1) is 49.9 Å². The topological polar surface area (TPSA) is 0 Å². The molecular weight excluding hydrogens is 491 g/mol. The standard InChI is InChI=1S/C24H31.2CH3.Hf/c1-17-16-19-8-7-11-22(19)24(4,18(17)2)21-12-14-23(3,15-13-21)20-9-5-6-10-20;;;/h5-6,9-14,19-20,22H,7-8,15-16H2,1-4H3;2*1H3;/q3*-1;. The van der Waals surface area contributed by atoms with Crippen molar-refractivity contribution in [2.24, 2.45) is 28.6 Å². The molecule has 0 aliphatic heterocycles. The monoisotopic (exact) mass is 529 g/mol. The van der Waals surface area contributed by atoms with Gasteiger partial charge in [0.2, 0.25) is 0 Å². The molecule has 0 aromatic rings. The van der Waals surface area contributed by atoms with Gasteiger partial charge in [-0.15, -0.1) is 0 Å². The summed E-state index contributed by atoms with van der Waals surface area (Å²) in [5.41, 5.74) is 5.28. The van der Waals surface area contributed by atoms with Gasteiger partial charge in [-0.25, -0.2) is 0 Å². The fraction of sp³-hybridized carbons (Fsp3) is 0.500. The normalized spacial score (nSPS) is 37.3. The van der Waals surface area contributed by atoms with E-state index in [0.717, 1.165) is 18.3 Å². The molecule has 0 nitrogen and oxygen atoms in total. The third-order valence-corrected chi connectivity index (χ3v) is 7.63. The molecule has 0 aromatic heterocycles. The summed E-state index contributed by atoms with van der Waals surface area (Å²) in [7, 11) is 0. The first kappa shape index (κ1) is 24.6. The molecule has 0 aromatic carbocycles. The Morgan fingerprint density at radius 1 is 1.07 bits per heavy atom. The van der Waals surface area contributed by atoms with E-state index in [1.807, 2.05) is 0 Å². The van der Waals surface area contributed by atoms with Crippen molar-refractivity contribution in [3.63, 3.8) is 0 Å². The summed E-state index contributed by atoms with van der Waals surface area (Å²) in [5, 5.41) is 0. The maximum atomic E-state index is 2.63. The molecule has 0 saturated heterocycles. The van der Waals surface area contributed by atoms with E-state index in [1.54, 1.807) is 16.7 Å². The molecule has 4 aliphatic rings. The van der Waals surface area contributed by atoms with E-state index < -0.39 is 0 Å². The molecule has 1 heteroatoms. The summed E-state index contributed by atoms with van der Waals surface area (Å²) in [6.07, 6.45) is 24.4. The van der Waals surface area contributed by atoms with E-state index in [2.05, 4.69) is 76.6 Å². The predicted molar refractivity (Wildman–Crippen MR) is 116 cm³/mol. The number of hydrogen-bond acceptors (Lipinski definition) is 0. The molecule has 148 valence electrons. The molecule has 0 radical (unpaired) electrons. The van der Waals surface area contributed by atoms with Crippen LogP contribution in [0.1, 0.15) is 53.4 Å². The Balaban J connectivity index is 0.00000121. The van der Waals surface area contributed by atoms with E-state index in [-0.39, 0.29) is 51.5 Å². The Morgan fingerprint density at radius 2 is 1.74 bits per heavy atom. The fourth-order valence-corrected chi connectivity index (χ4v) is 5.70. The summed E-state index contributed by atoms with van der Waals surface area (Å²) < 4.78 is 0. The second-order valence-corrected chi connectivity index (χ2v) is 8.91. The van der Waals surface area contributed by atoms with E-state index in [9.17, 15) is 0 Å². The summed E-state index contributed by atoms with van der Waals surface area (Å²) in [6.45, 7) is 9.68. The number of allylic oxidation sites excluding steroid dienone is 10. The molecule has 0 heterocycles. The minimum absolute atomic E-state index is 0. The van der Waals surface area contributed by atoms with Crippen LogP contribution >= 0.6 is 0 Å². The Bertz CT molecular complexity index is 677. The zero-order valence-electron chi connectivity index (χ0n) is 18.2. The van der Waals surface area contributed by atoms with Crippen LogP contribution in [0.5, 0.6) is 0 Å². The first-order valence-electron chi connectivity index (χ1n) is 9.70. The van der Waals surface area contributed by atoms with Crippen molar-refractivity contribution in [3.05, 3.63) is 80.5 Å². The third kappa shape index (κ3) is 3.87. The van der Waals surface area contributed by atoms with E-state index >= 15 is 0 Å². The van der Waals surface area contributed by atoms with Crippen LogP contribution in [0.4, 0.5) is 0 Å². The molecule has 4 aliphatic carbocycles. The zero-order valence-corrected chi connectivity index (χ0v) is 21.8. The van der Waals surface area contributed by atoms with Gasteiger partial charge in [-0.3, -0.25) is 0 Å². The van der Waals surface area contributed by atoms with E-state index in [1.165, 1.54) is 19.3 Å². The van der Waals surface area contributed by atoms with Gasteiger partial charge in [0, 0.05) is 31.8 Å². The van der Waals surface area contributed by atoms with E-state index in [0.29, 0.717) is 5.92 Å². The Labute approximate surface area is 187 Å². The van der Waals surface area contributed by atoms with Crippen LogP contribution in [0.15, 0.2) is 59.3 Å². The van der Waals surface area contributed by atoms with Crippen LogP contribution in [0.25, 0.3) is 0 Å². The number of rotatable bonds is 2. The maximum absolute atomic E-state index is 2.63. The van der Waals surface area contributed by atoms with Gasteiger partial charge in [0.25, 0.3) is 0 Å².